The maximum atomic E-state index is 15.1. The number of halogens is 4. The number of hydrogen-bond acceptors (Lipinski definition) is 3. The van der Waals surface area contributed by atoms with Crippen LogP contribution in [0.15, 0.2) is 36.4 Å². The van der Waals surface area contributed by atoms with Gasteiger partial charge in [-0.1, -0.05) is 56.1 Å². The predicted octanol–water partition coefficient (Wildman–Crippen LogP) is 5.07. The largest absolute Gasteiger partial charge is 0.480 e. The molecule has 1 fully saturated rings. The number of benzene rings is 2. The quantitative estimate of drug-likeness (QED) is 0.599. The Labute approximate surface area is 184 Å². The number of carboxylic acid groups (broad SMARTS) is 1. The normalized spacial score (nSPS) is 26.7. The van der Waals surface area contributed by atoms with E-state index in [1.165, 1.54) is 24.3 Å². The molecule has 4 nitrogen and oxygen atoms in total. The van der Waals surface area contributed by atoms with Gasteiger partial charge in [0, 0.05) is 22.5 Å². The first-order valence-electron chi connectivity index (χ1n) is 9.53. The number of hydrogen-bond donors (Lipinski definition) is 3. The molecule has 1 aliphatic heterocycles. The maximum Gasteiger partial charge on any atom is 0.321 e. The molecule has 162 valence electrons. The van der Waals surface area contributed by atoms with E-state index in [9.17, 15) is 14.3 Å². The molecule has 1 saturated heterocycles. The third-order valence-electron chi connectivity index (χ3n) is 5.59. The van der Waals surface area contributed by atoms with Gasteiger partial charge in [0.1, 0.15) is 17.7 Å². The lowest BCUT2D eigenvalue weighted by Crippen LogP contribution is -2.52. The molecule has 1 heterocycles. The summed E-state index contributed by atoms with van der Waals surface area (Å²) in [6.07, 6.45) is 0.473. The number of rotatable bonds is 4. The summed E-state index contributed by atoms with van der Waals surface area (Å²) in [5, 5.41) is 13.1. The van der Waals surface area contributed by atoms with Gasteiger partial charge in [0.2, 0.25) is 0 Å². The van der Waals surface area contributed by atoms with Gasteiger partial charge in [-0.25, -0.2) is 8.78 Å². The van der Waals surface area contributed by atoms with Gasteiger partial charge in [-0.05, 0) is 41.7 Å². The second kappa shape index (κ2) is 8.08. The van der Waals surface area contributed by atoms with E-state index in [0.717, 1.165) is 12.1 Å². The van der Waals surface area contributed by atoms with E-state index >= 15 is 4.39 Å². The van der Waals surface area contributed by atoms with Crippen molar-refractivity contribution in [2.75, 3.05) is 0 Å². The molecule has 0 aromatic heterocycles. The van der Waals surface area contributed by atoms with E-state index in [0.29, 0.717) is 12.0 Å². The first-order valence-corrected chi connectivity index (χ1v) is 10.3. The fraction of sp³-hybridized carbons (Fsp3) is 0.409. The summed E-state index contributed by atoms with van der Waals surface area (Å²) >= 11 is 11.9. The lowest BCUT2D eigenvalue weighted by atomic mass is 9.68. The van der Waals surface area contributed by atoms with Crippen LogP contribution in [-0.2, 0) is 10.3 Å². The van der Waals surface area contributed by atoms with Gasteiger partial charge in [-0.3, -0.25) is 10.1 Å². The first kappa shape index (κ1) is 22.9. The maximum absolute atomic E-state index is 15.1. The third kappa shape index (κ3) is 4.19. The van der Waals surface area contributed by atoms with Crippen LogP contribution in [0.1, 0.15) is 44.2 Å². The van der Waals surface area contributed by atoms with Gasteiger partial charge in [-0.2, -0.15) is 0 Å². The molecule has 0 radical (unpaired) electrons. The van der Waals surface area contributed by atoms with E-state index in [2.05, 4.69) is 5.32 Å². The summed E-state index contributed by atoms with van der Waals surface area (Å²) in [6, 6.07) is 6.41. The zero-order valence-corrected chi connectivity index (χ0v) is 18.4. The first-order chi connectivity index (χ1) is 13.8. The van der Waals surface area contributed by atoms with E-state index < -0.39 is 41.1 Å². The Morgan fingerprint density at radius 2 is 1.83 bits per heavy atom. The minimum Gasteiger partial charge on any atom is -0.480 e. The summed E-state index contributed by atoms with van der Waals surface area (Å²) in [7, 11) is 0. The van der Waals surface area contributed by atoms with Crippen LogP contribution in [0.25, 0.3) is 0 Å². The smallest absolute Gasteiger partial charge is 0.321 e. The zero-order valence-electron chi connectivity index (χ0n) is 16.8. The van der Waals surface area contributed by atoms with Crippen molar-refractivity contribution in [2.45, 2.75) is 50.7 Å². The lowest BCUT2D eigenvalue weighted by molar-refractivity contribution is -0.139. The molecular weight excluding hydrogens is 433 g/mol. The molecule has 4 N–H and O–H groups in total. The number of nitrogens with one attached hydrogen (secondary N) is 1. The summed E-state index contributed by atoms with van der Waals surface area (Å²) < 4.78 is 28.9. The molecule has 2 aromatic carbocycles. The molecule has 1 unspecified atom stereocenters. The monoisotopic (exact) mass is 456 g/mol. The minimum absolute atomic E-state index is 0.142. The average Bonchev–Trinajstić information content (AvgIpc) is 2.89. The summed E-state index contributed by atoms with van der Waals surface area (Å²) in [5.74, 6) is -3.31. The van der Waals surface area contributed by atoms with E-state index in [1.807, 2.05) is 20.8 Å². The van der Waals surface area contributed by atoms with Gasteiger partial charge < -0.3 is 10.8 Å². The molecule has 3 rings (SSSR count). The van der Waals surface area contributed by atoms with Crippen molar-refractivity contribution in [2.24, 2.45) is 11.1 Å². The van der Waals surface area contributed by atoms with Crippen LogP contribution < -0.4 is 11.1 Å². The Hall–Kier alpha value is -1.73. The Bertz CT molecular complexity index is 980. The van der Waals surface area contributed by atoms with Crippen molar-refractivity contribution >= 4 is 29.2 Å². The van der Waals surface area contributed by atoms with Crippen molar-refractivity contribution in [1.82, 2.24) is 5.32 Å². The molecule has 0 bridgehead atoms. The Morgan fingerprint density at radius 3 is 2.37 bits per heavy atom. The van der Waals surface area contributed by atoms with Crippen molar-refractivity contribution < 1.29 is 18.7 Å². The van der Waals surface area contributed by atoms with Crippen molar-refractivity contribution in [1.29, 1.82) is 0 Å². The van der Waals surface area contributed by atoms with E-state index in [-0.39, 0.29) is 21.0 Å². The Morgan fingerprint density at radius 1 is 1.17 bits per heavy atom. The van der Waals surface area contributed by atoms with Gasteiger partial charge in [0.15, 0.2) is 0 Å². The van der Waals surface area contributed by atoms with Crippen molar-refractivity contribution in [3.63, 3.8) is 0 Å². The third-order valence-corrected chi connectivity index (χ3v) is 6.11. The summed E-state index contributed by atoms with van der Waals surface area (Å²) in [6.45, 7) is 5.97. The van der Waals surface area contributed by atoms with Gasteiger partial charge >= 0.3 is 5.97 Å². The number of nitrogens with two attached hydrogens (primary N) is 1. The highest BCUT2D eigenvalue weighted by Gasteiger charge is 2.58. The van der Waals surface area contributed by atoms with Gasteiger partial charge in [-0.15, -0.1) is 0 Å². The van der Waals surface area contributed by atoms with Gasteiger partial charge in [0.05, 0.1) is 10.6 Å². The van der Waals surface area contributed by atoms with Crippen LogP contribution in [-0.4, -0.2) is 23.2 Å². The molecule has 8 heteroatoms. The van der Waals surface area contributed by atoms with Crippen LogP contribution >= 0.6 is 23.2 Å². The molecule has 30 heavy (non-hydrogen) atoms. The minimum atomic E-state index is -1.45. The summed E-state index contributed by atoms with van der Waals surface area (Å²) in [4.78, 5) is 12.2. The van der Waals surface area contributed by atoms with Crippen molar-refractivity contribution in [3.8, 4) is 0 Å². The number of carboxylic acids is 1. The van der Waals surface area contributed by atoms with Crippen LogP contribution in [0.2, 0.25) is 10.0 Å². The standard InChI is InChI=1S/C22H24Cl2F2N2O2/c1-21(2,3)10-17-22(27,13-6-5-12(23)9-16(13)26)18(19(28-17)20(29)30)11-4-7-15(25)14(24)8-11/h4-9,17-19,28H,10,27H2,1-3H3,(H,29,30)/t17-,18-,19?,22+/m0/s1. The molecule has 0 saturated carbocycles. The predicted molar refractivity (Wildman–Crippen MR) is 114 cm³/mol. The van der Waals surface area contributed by atoms with Crippen molar-refractivity contribution in [3.05, 3.63) is 69.2 Å². The highest BCUT2D eigenvalue weighted by Crippen LogP contribution is 2.49. The summed E-state index contributed by atoms with van der Waals surface area (Å²) in [5.41, 5.74) is 5.80. The molecule has 0 amide bonds. The average molecular weight is 457 g/mol. The molecule has 4 atom stereocenters. The van der Waals surface area contributed by atoms with E-state index in [4.69, 9.17) is 28.9 Å². The molecule has 0 aliphatic carbocycles. The Kier molecular flexibility index (Phi) is 6.18. The molecule has 2 aromatic rings. The SMILES string of the molecule is CC(C)(C)C[C@@H]1NC(C(=O)O)[C@H](c2ccc(F)c(Cl)c2)[C@@]1(N)c1ccc(Cl)cc1F. The van der Waals surface area contributed by atoms with Crippen LogP contribution in [0.5, 0.6) is 0 Å². The topological polar surface area (TPSA) is 75.3 Å². The Balaban J connectivity index is 2.27. The van der Waals surface area contributed by atoms with Gasteiger partial charge in [0.25, 0.3) is 0 Å². The zero-order chi connectivity index (χ0) is 22.4. The number of carbonyl (C=O) groups is 1. The van der Waals surface area contributed by atoms with Crippen LogP contribution in [0.4, 0.5) is 8.78 Å². The molecule has 1 aliphatic rings. The molecule has 0 spiro atoms. The van der Waals surface area contributed by atoms with E-state index in [1.54, 1.807) is 0 Å². The lowest BCUT2D eigenvalue weighted by Gasteiger charge is -2.39. The highest BCUT2D eigenvalue weighted by molar-refractivity contribution is 6.31. The second-order valence-corrected chi connectivity index (χ2v) is 9.85. The van der Waals surface area contributed by atoms with Crippen LogP contribution in [0.3, 0.4) is 0 Å². The number of aliphatic carboxylic acids is 1. The molecular formula is C22H24Cl2F2N2O2. The van der Waals surface area contributed by atoms with Crippen LogP contribution in [0, 0.1) is 17.0 Å². The highest BCUT2D eigenvalue weighted by atomic mass is 35.5. The fourth-order valence-corrected chi connectivity index (χ4v) is 4.72. The second-order valence-electron chi connectivity index (χ2n) is 9.01. The fourth-order valence-electron chi connectivity index (χ4n) is 4.37.